The Morgan fingerprint density at radius 2 is 1.64 bits per heavy atom. The van der Waals surface area contributed by atoms with E-state index in [1.807, 2.05) is 48.5 Å². The van der Waals surface area contributed by atoms with E-state index in [0.717, 1.165) is 22.3 Å². The molecule has 0 spiro atoms. The van der Waals surface area contributed by atoms with Gasteiger partial charge >= 0.3 is 5.97 Å². The maximum atomic E-state index is 12.6. The number of hydrogen-bond donors (Lipinski definition) is 1. The Morgan fingerprint density at radius 1 is 0.939 bits per heavy atom. The molecule has 1 aliphatic heterocycles. The van der Waals surface area contributed by atoms with E-state index in [0.29, 0.717) is 24.7 Å². The number of methoxy groups -OCH3 is 1. The predicted octanol–water partition coefficient (Wildman–Crippen LogP) is 4.56. The molecule has 0 aromatic heterocycles. The Morgan fingerprint density at radius 3 is 2.36 bits per heavy atom. The highest BCUT2D eigenvalue weighted by molar-refractivity contribution is 5.92. The summed E-state index contributed by atoms with van der Waals surface area (Å²) in [5.74, 6) is 0.505. The van der Waals surface area contributed by atoms with E-state index in [4.69, 9.17) is 14.2 Å². The number of benzene rings is 3. The first-order chi connectivity index (χ1) is 16.1. The van der Waals surface area contributed by atoms with Crippen molar-refractivity contribution in [1.29, 1.82) is 0 Å². The zero-order chi connectivity index (χ0) is 23.0. The summed E-state index contributed by atoms with van der Waals surface area (Å²) in [6.07, 6.45) is 3.20. The van der Waals surface area contributed by atoms with E-state index in [2.05, 4.69) is 17.4 Å². The molecule has 0 fully saturated rings. The summed E-state index contributed by atoms with van der Waals surface area (Å²) in [7, 11) is 1.32. The lowest BCUT2D eigenvalue weighted by atomic mass is 10.0. The van der Waals surface area contributed by atoms with Gasteiger partial charge < -0.3 is 19.5 Å². The molecular weight excluding hydrogens is 418 g/mol. The van der Waals surface area contributed by atoms with Crippen LogP contribution in [0.5, 0.6) is 11.5 Å². The van der Waals surface area contributed by atoms with Crippen molar-refractivity contribution >= 4 is 18.0 Å². The number of nitrogens with one attached hydrogen (secondary N) is 1. The van der Waals surface area contributed by atoms with Crippen LogP contribution in [0.25, 0.3) is 17.2 Å². The zero-order valence-electron chi connectivity index (χ0n) is 18.3. The molecule has 6 heteroatoms. The molecule has 0 radical (unpaired) electrons. The lowest BCUT2D eigenvalue weighted by molar-refractivity contribution is -0.141. The highest BCUT2D eigenvalue weighted by Gasteiger charge is 2.21. The minimum atomic E-state index is -0.564. The summed E-state index contributed by atoms with van der Waals surface area (Å²) in [6.45, 7) is 0.947. The topological polar surface area (TPSA) is 73.9 Å². The summed E-state index contributed by atoms with van der Waals surface area (Å²) < 4.78 is 16.0. The fraction of sp³-hybridized carbons (Fsp3) is 0.185. The lowest BCUT2D eigenvalue weighted by Crippen LogP contribution is -2.29. The Balaban J connectivity index is 1.45. The van der Waals surface area contributed by atoms with Gasteiger partial charge in [0.1, 0.15) is 13.2 Å². The summed E-state index contributed by atoms with van der Waals surface area (Å²) >= 11 is 0. The van der Waals surface area contributed by atoms with Crippen LogP contribution >= 0.6 is 0 Å². The van der Waals surface area contributed by atoms with Crippen molar-refractivity contribution in [2.24, 2.45) is 0 Å². The Labute approximate surface area is 192 Å². The van der Waals surface area contributed by atoms with Crippen LogP contribution in [0.15, 0.2) is 78.9 Å². The van der Waals surface area contributed by atoms with Crippen molar-refractivity contribution in [1.82, 2.24) is 5.32 Å². The van der Waals surface area contributed by atoms with Crippen LogP contribution in [0.4, 0.5) is 0 Å². The van der Waals surface area contributed by atoms with Gasteiger partial charge in [0.25, 0.3) is 0 Å². The van der Waals surface area contributed by atoms with Crippen LogP contribution in [-0.4, -0.2) is 32.2 Å². The zero-order valence-corrected chi connectivity index (χ0v) is 18.3. The monoisotopic (exact) mass is 443 g/mol. The van der Waals surface area contributed by atoms with Crippen molar-refractivity contribution in [3.63, 3.8) is 0 Å². The number of amides is 1. The molecule has 3 aromatic rings. The van der Waals surface area contributed by atoms with E-state index in [1.165, 1.54) is 13.2 Å². The molecule has 1 amide bonds. The van der Waals surface area contributed by atoms with Gasteiger partial charge in [-0.1, -0.05) is 60.7 Å². The normalized spacial score (nSPS) is 13.4. The summed E-state index contributed by atoms with van der Waals surface area (Å²) in [5, 5.41) is 2.89. The van der Waals surface area contributed by atoms with E-state index in [1.54, 1.807) is 18.2 Å². The standard InChI is InChI=1S/C27H25NO5/c1-31-27(30)18-23(22-12-13-24-25(17-22)33-16-15-32-24)28-26(29)14-9-19-7-10-21(11-8-19)20-5-3-2-4-6-20/h2-14,17,23H,15-16,18H2,1H3,(H,28,29). The number of rotatable bonds is 7. The SMILES string of the molecule is COC(=O)CC(NC(=O)C=Cc1ccc(-c2ccccc2)cc1)c1ccc2c(c1)OCCO2. The van der Waals surface area contributed by atoms with Gasteiger partial charge in [0.05, 0.1) is 19.6 Å². The largest absolute Gasteiger partial charge is 0.486 e. The van der Waals surface area contributed by atoms with Gasteiger partial charge in [0.2, 0.25) is 5.91 Å². The van der Waals surface area contributed by atoms with Gasteiger partial charge in [-0.25, -0.2) is 0 Å². The molecule has 1 aliphatic rings. The van der Waals surface area contributed by atoms with Gasteiger partial charge in [-0.05, 0) is 40.5 Å². The Hall–Kier alpha value is -4.06. The van der Waals surface area contributed by atoms with Gasteiger partial charge in [-0.2, -0.15) is 0 Å². The highest BCUT2D eigenvalue weighted by Crippen LogP contribution is 2.33. The quantitative estimate of drug-likeness (QED) is 0.428. The van der Waals surface area contributed by atoms with E-state index >= 15 is 0 Å². The maximum Gasteiger partial charge on any atom is 0.307 e. The van der Waals surface area contributed by atoms with E-state index in [9.17, 15) is 9.59 Å². The minimum Gasteiger partial charge on any atom is -0.486 e. The lowest BCUT2D eigenvalue weighted by Gasteiger charge is -2.22. The predicted molar refractivity (Wildman–Crippen MR) is 126 cm³/mol. The number of carbonyl (C=O) groups excluding carboxylic acids is 2. The first kappa shape index (κ1) is 22.1. The first-order valence-corrected chi connectivity index (χ1v) is 10.7. The van der Waals surface area contributed by atoms with Crippen molar-refractivity contribution in [3.8, 4) is 22.6 Å². The molecule has 1 unspecified atom stereocenters. The second-order valence-corrected chi connectivity index (χ2v) is 7.57. The third-order valence-electron chi connectivity index (χ3n) is 5.33. The number of esters is 1. The summed E-state index contributed by atoms with van der Waals surface area (Å²) in [5.41, 5.74) is 3.87. The average Bonchev–Trinajstić information content (AvgIpc) is 2.87. The molecule has 1 heterocycles. The second kappa shape index (κ2) is 10.5. The fourth-order valence-electron chi connectivity index (χ4n) is 3.59. The Kier molecular flexibility index (Phi) is 7.05. The molecule has 1 atom stereocenters. The van der Waals surface area contributed by atoms with E-state index in [-0.39, 0.29) is 12.3 Å². The molecule has 0 saturated heterocycles. The second-order valence-electron chi connectivity index (χ2n) is 7.57. The Bertz CT molecular complexity index is 1140. The molecule has 0 aliphatic carbocycles. The summed E-state index contributed by atoms with van der Waals surface area (Å²) in [6, 6.07) is 22.9. The van der Waals surface area contributed by atoms with Crippen molar-refractivity contribution in [2.75, 3.05) is 20.3 Å². The van der Waals surface area contributed by atoms with Crippen LogP contribution in [0.1, 0.15) is 23.6 Å². The molecule has 168 valence electrons. The third kappa shape index (κ3) is 5.80. The number of fused-ring (bicyclic) bond motifs is 1. The number of ether oxygens (including phenoxy) is 3. The van der Waals surface area contributed by atoms with Crippen LogP contribution in [0.3, 0.4) is 0 Å². The number of carbonyl (C=O) groups is 2. The molecule has 33 heavy (non-hydrogen) atoms. The third-order valence-corrected chi connectivity index (χ3v) is 5.33. The molecule has 4 rings (SSSR count). The maximum absolute atomic E-state index is 12.6. The molecule has 0 bridgehead atoms. The summed E-state index contributed by atoms with van der Waals surface area (Å²) in [4.78, 5) is 24.6. The van der Waals surface area contributed by atoms with Gasteiger partial charge in [0, 0.05) is 6.08 Å². The minimum absolute atomic E-state index is 0.00148. The molecular formula is C27H25NO5. The highest BCUT2D eigenvalue weighted by atomic mass is 16.6. The first-order valence-electron chi connectivity index (χ1n) is 10.7. The van der Waals surface area contributed by atoms with E-state index < -0.39 is 12.0 Å². The molecule has 0 saturated carbocycles. The van der Waals surface area contributed by atoms with Gasteiger partial charge in [0.15, 0.2) is 11.5 Å². The van der Waals surface area contributed by atoms with Crippen molar-refractivity contribution in [3.05, 3.63) is 90.0 Å². The van der Waals surface area contributed by atoms with Gasteiger partial charge in [-0.3, -0.25) is 9.59 Å². The van der Waals surface area contributed by atoms with Crippen LogP contribution in [0.2, 0.25) is 0 Å². The van der Waals surface area contributed by atoms with Crippen LogP contribution in [0, 0.1) is 0 Å². The van der Waals surface area contributed by atoms with Gasteiger partial charge in [-0.15, -0.1) is 0 Å². The molecule has 3 aromatic carbocycles. The molecule has 6 nitrogen and oxygen atoms in total. The fourth-order valence-corrected chi connectivity index (χ4v) is 3.59. The van der Waals surface area contributed by atoms with Crippen molar-refractivity contribution in [2.45, 2.75) is 12.5 Å². The van der Waals surface area contributed by atoms with Crippen LogP contribution in [-0.2, 0) is 14.3 Å². The smallest absolute Gasteiger partial charge is 0.307 e. The van der Waals surface area contributed by atoms with Crippen LogP contribution < -0.4 is 14.8 Å². The van der Waals surface area contributed by atoms with Crippen molar-refractivity contribution < 1.29 is 23.8 Å². The molecule has 1 N–H and O–H groups in total. The number of hydrogen-bond acceptors (Lipinski definition) is 5. The average molecular weight is 443 g/mol.